The minimum atomic E-state index is 1.15. The summed E-state index contributed by atoms with van der Waals surface area (Å²) in [5.74, 6) is 0. The lowest BCUT2D eigenvalue weighted by Crippen LogP contribution is -1.73. The molecule has 0 radical (unpaired) electrons. The first-order valence-electron chi connectivity index (χ1n) is 4.07. The number of allylic oxidation sites excluding steroid dienone is 3. The highest BCUT2D eigenvalue weighted by Crippen LogP contribution is 2.03. The molecule has 0 fully saturated rings. The molecule has 0 heteroatoms. The van der Waals surface area contributed by atoms with E-state index in [4.69, 9.17) is 0 Å². The highest BCUT2D eigenvalue weighted by atomic mass is 13.9. The Morgan fingerprint density at radius 3 is 2.60 bits per heavy atom. The molecule has 0 heterocycles. The maximum Gasteiger partial charge on any atom is -0.0345 e. The van der Waals surface area contributed by atoms with Crippen LogP contribution in [0.2, 0.25) is 0 Å². The molecule has 0 aliphatic heterocycles. The average molecular weight is 138 g/mol. The van der Waals surface area contributed by atoms with Gasteiger partial charge in [0.1, 0.15) is 0 Å². The third-order valence-corrected chi connectivity index (χ3v) is 1.66. The van der Waals surface area contributed by atoms with Crippen molar-refractivity contribution in [3.8, 4) is 0 Å². The van der Waals surface area contributed by atoms with Gasteiger partial charge in [0.15, 0.2) is 0 Å². The maximum absolute atomic E-state index is 3.68. The van der Waals surface area contributed by atoms with Crippen molar-refractivity contribution in [3.05, 3.63) is 24.3 Å². The molecule has 0 aliphatic carbocycles. The van der Waals surface area contributed by atoms with E-state index in [0.717, 1.165) is 6.42 Å². The highest BCUT2D eigenvalue weighted by molar-refractivity contribution is 4.96. The fraction of sp³-hybridized carbons (Fsp3) is 0.600. The van der Waals surface area contributed by atoms with Crippen LogP contribution in [0.25, 0.3) is 0 Å². The molecule has 0 saturated carbocycles. The van der Waals surface area contributed by atoms with Crippen molar-refractivity contribution in [1.82, 2.24) is 0 Å². The van der Waals surface area contributed by atoms with E-state index in [1.54, 1.807) is 0 Å². The fourth-order valence-electron chi connectivity index (χ4n) is 0.755. The summed E-state index contributed by atoms with van der Waals surface area (Å²) in [4.78, 5) is 0. The Balaban J connectivity index is 3.24. The van der Waals surface area contributed by atoms with Gasteiger partial charge in [-0.25, -0.2) is 0 Å². The predicted molar refractivity (Wildman–Crippen MR) is 48.1 cm³/mol. The second-order valence-electron chi connectivity index (χ2n) is 2.62. The zero-order valence-corrected chi connectivity index (χ0v) is 7.19. The van der Waals surface area contributed by atoms with E-state index >= 15 is 0 Å². The second kappa shape index (κ2) is 6.60. The Bertz CT molecular complexity index is 109. The van der Waals surface area contributed by atoms with E-state index in [9.17, 15) is 0 Å². The summed E-state index contributed by atoms with van der Waals surface area (Å²) in [5, 5.41) is 0. The number of rotatable bonds is 5. The summed E-state index contributed by atoms with van der Waals surface area (Å²) in [6.07, 6.45) is 9.10. The topological polar surface area (TPSA) is 0 Å². The van der Waals surface area contributed by atoms with Crippen molar-refractivity contribution in [1.29, 1.82) is 0 Å². The second-order valence-corrected chi connectivity index (χ2v) is 2.62. The zero-order chi connectivity index (χ0) is 7.82. The molecular weight excluding hydrogens is 120 g/mol. The van der Waals surface area contributed by atoms with Crippen LogP contribution in [0.3, 0.4) is 0 Å². The van der Waals surface area contributed by atoms with E-state index in [-0.39, 0.29) is 0 Å². The Labute approximate surface area is 64.6 Å². The molecule has 10 heavy (non-hydrogen) atoms. The number of unbranched alkanes of at least 4 members (excludes halogenated alkanes) is 2. The molecule has 0 aliphatic rings. The number of hydrogen-bond donors (Lipinski definition) is 0. The normalized spacial score (nSPS) is 11.6. The van der Waals surface area contributed by atoms with Gasteiger partial charge < -0.3 is 0 Å². The van der Waals surface area contributed by atoms with E-state index in [2.05, 4.69) is 26.5 Å². The van der Waals surface area contributed by atoms with Gasteiger partial charge in [-0.15, -0.1) is 6.58 Å². The summed E-state index contributed by atoms with van der Waals surface area (Å²) >= 11 is 0. The number of hydrogen-bond acceptors (Lipinski definition) is 0. The Hall–Kier alpha value is -0.520. The van der Waals surface area contributed by atoms with Crippen LogP contribution in [0.5, 0.6) is 0 Å². The molecule has 0 aromatic rings. The van der Waals surface area contributed by atoms with Gasteiger partial charge in [0, 0.05) is 0 Å². The zero-order valence-electron chi connectivity index (χ0n) is 7.19. The molecule has 0 aromatic heterocycles. The SMILES string of the molecule is C=CCCC/C=C(/C)CC. The molecule has 0 unspecified atom stereocenters. The molecule has 0 N–H and O–H groups in total. The molecule has 0 saturated heterocycles. The Morgan fingerprint density at radius 2 is 2.10 bits per heavy atom. The summed E-state index contributed by atoms with van der Waals surface area (Å²) in [5.41, 5.74) is 1.50. The minimum Gasteiger partial charge on any atom is -0.103 e. The largest absolute Gasteiger partial charge is 0.103 e. The Morgan fingerprint density at radius 1 is 1.40 bits per heavy atom. The van der Waals surface area contributed by atoms with Gasteiger partial charge in [0.05, 0.1) is 0 Å². The molecule has 0 amide bonds. The van der Waals surface area contributed by atoms with Crippen molar-refractivity contribution in [2.45, 2.75) is 39.5 Å². The lowest BCUT2D eigenvalue weighted by atomic mass is 10.1. The molecule has 0 aromatic carbocycles. The first-order valence-corrected chi connectivity index (χ1v) is 4.07. The van der Waals surface area contributed by atoms with Gasteiger partial charge in [-0.3, -0.25) is 0 Å². The highest BCUT2D eigenvalue weighted by Gasteiger charge is 1.83. The summed E-state index contributed by atoms with van der Waals surface area (Å²) in [6, 6.07) is 0. The van der Waals surface area contributed by atoms with Gasteiger partial charge in [0.2, 0.25) is 0 Å². The van der Waals surface area contributed by atoms with Crippen LogP contribution < -0.4 is 0 Å². The summed E-state index contributed by atoms with van der Waals surface area (Å²) in [6.45, 7) is 8.06. The van der Waals surface area contributed by atoms with Crippen molar-refractivity contribution < 1.29 is 0 Å². The minimum absolute atomic E-state index is 1.15. The van der Waals surface area contributed by atoms with Crippen LogP contribution >= 0.6 is 0 Å². The fourth-order valence-corrected chi connectivity index (χ4v) is 0.755. The molecule has 0 bridgehead atoms. The van der Waals surface area contributed by atoms with Crippen LogP contribution in [-0.4, -0.2) is 0 Å². The standard InChI is InChI=1S/C10H18/c1-4-6-7-8-9-10(3)5-2/h4,9H,1,5-8H2,2-3H3/b10-9-. The van der Waals surface area contributed by atoms with E-state index in [1.807, 2.05) is 6.08 Å². The lowest BCUT2D eigenvalue weighted by molar-refractivity contribution is 0.858. The molecule has 0 atom stereocenters. The molecule has 0 rings (SSSR count). The van der Waals surface area contributed by atoms with Gasteiger partial charge in [0.25, 0.3) is 0 Å². The molecule has 0 nitrogen and oxygen atoms in total. The van der Waals surface area contributed by atoms with Crippen LogP contribution in [0.4, 0.5) is 0 Å². The smallest absolute Gasteiger partial charge is 0.0345 e. The third-order valence-electron chi connectivity index (χ3n) is 1.66. The van der Waals surface area contributed by atoms with Gasteiger partial charge >= 0.3 is 0 Å². The van der Waals surface area contributed by atoms with Crippen molar-refractivity contribution in [2.75, 3.05) is 0 Å². The van der Waals surface area contributed by atoms with Crippen LogP contribution in [0, 0.1) is 0 Å². The first kappa shape index (κ1) is 9.48. The van der Waals surface area contributed by atoms with Crippen molar-refractivity contribution >= 4 is 0 Å². The van der Waals surface area contributed by atoms with E-state index < -0.39 is 0 Å². The lowest BCUT2D eigenvalue weighted by Gasteiger charge is -1.93. The maximum atomic E-state index is 3.68. The van der Waals surface area contributed by atoms with Gasteiger partial charge in [-0.1, -0.05) is 24.6 Å². The van der Waals surface area contributed by atoms with Gasteiger partial charge in [-0.05, 0) is 32.6 Å². The van der Waals surface area contributed by atoms with Crippen LogP contribution in [0.1, 0.15) is 39.5 Å². The first-order chi connectivity index (χ1) is 4.81. The molecule has 58 valence electrons. The van der Waals surface area contributed by atoms with E-state index in [0.29, 0.717) is 0 Å². The molecular formula is C10H18. The average Bonchev–Trinajstić information content (AvgIpc) is 1.98. The van der Waals surface area contributed by atoms with Gasteiger partial charge in [-0.2, -0.15) is 0 Å². The van der Waals surface area contributed by atoms with Crippen molar-refractivity contribution in [3.63, 3.8) is 0 Å². The van der Waals surface area contributed by atoms with Crippen LogP contribution in [0.15, 0.2) is 24.3 Å². The van der Waals surface area contributed by atoms with Crippen LogP contribution in [-0.2, 0) is 0 Å². The van der Waals surface area contributed by atoms with Crippen molar-refractivity contribution in [2.24, 2.45) is 0 Å². The molecule has 0 spiro atoms. The quantitative estimate of drug-likeness (QED) is 0.401. The van der Waals surface area contributed by atoms with E-state index in [1.165, 1.54) is 24.8 Å². The summed E-state index contributed by atoms with van der Waals surface area (Å²) < 4.78 is 0. The monoisotopic (exact) mass is 138 g/mol. The summed E-state index contributed by atoms with van der Waals surface area (Å²) in [7, 11) is 0. The Kier molecular flexibility index (Phi) is 6.25. The predicted octanol–water partition coefficient (Wildman–Crippen LogP) is 3.70. The third kappa shape index (κ3) is 5.61.